The van der Waals surface area contributed by atoms with E-state index in [1.807, 2.05) is 12.1 Å². The van der Waals surface area contributed by atoms with Gasteiger partial charge in [0.05, 0.1) is 0 Å². The number of fused-ring (bicyclic) bond motifs is 2. The van der Waals surface area contributed by atoms with Crippen LogP contribution >= 0.6 is 11.3 Å². The van der Waals surface area contributed by atoms with Gasteiger partial charge in [0.25, 0.3) is 5.56 Å². The summed E-state index contributed by atoms with van der Waals surface area (Å²) in [6.07, 6.45) is 1.57. The summed E-state index contributed by atoms with van der Waals surface area (Å²) in [5.74, 6) is 0.0103. The molecule has 2 aromatic carbocycles. The third kappa shape index (κ3) is 2.55. The molecule has 128 valence electrons. The molecule has 2 heterocycles. The minimum atomic E-state index is -0.416. The lowest BCUT2D eigenvalue weighted by molar-refractivity contribution is 0.628. The van der Waals surface area contributed by atoms with Crippen LogP contribution < -0.4 is 11.0 Å². The lowest BCUT2D eigenvalue weighted by atomic mass is 10.2. The van der Waals surface area contributed by atoms with Crippen LogP contribution in [0.3, 0.4) is 0 Å². The standard InChI is InChI=1S/C20H13FN2O2S/c1-2-11-23-18(12-7-9-13(21)10-8-12)22-19-16(20(23)25)17(24)14-5-3-4-6-15(14)26-19/h2-10H,1,11H2. The quantitative estimate of drug-likeness (QED) is 0.408. The number of allylic oxidation sites excluding steroid dienone is 1. The summed E-state index contributed by atoms with van der Waals surface area (Å²) in [7, 11) is 0. The van der Waals surface area contributed by atoms with E-state index in [2.05, 4.69) is 11.6 Å². The van der Waals surface area contributed by atoms with E-state index in [0.717, 1.165) is 4.70 Å². The molecular formula is C20H13FN2O2S. The van der Waals surface area contributed by atoms with Crippen molar-refractivity contribution in [2.45, 2.75) is 6.54 Å². The van der Waals surface area contributed by atoms with Crippen molar-refractivity contribution in [1.82, 2.24) is 9.55 Å². The molecule has 4 aromatic rings. The number of nitrogens with zero attached hydrogens (tertiary/aromatic N) is 2. The molecule has 0 bridgehead atoms. The van der Waals surface area contributed by atoms with Crippen LogP contribution in [0.1, 0.15) is 0 Å². The number of hydrogen-bond donors (Lipinski definition) is 0. The van der Waals surface area contributed by atoms with E-state index >= 15 is 0 Å². The van der Waals surface area contributed by atoms with Crippen molar-refractivity contribution >= 4 is 31.6 Å². The second kappa shape index (κ2) is 6.31. The molecule has 0 amide bonds. The normalized spacial score (nSPS) is 11.1. The Kier molecular flexibility index (Phi) is 3.97. The van der Waals surface area contributed by atoms with Gasteiger partial charge < -0.3 is 0 Å². The maximum absolute atomic E-state index is 13.3. The molecule has 4 nitrogen and oxygen atoms in total. The van der Waals surface area contributed by atoms with Gasteiger partial charge in [0.15, 0.2) is 0 Å². The molecule has 0 unspecified atom stereocenters. The van der Waals surface area contributed by atoms with Gasteiger partial charge in [0.1, 0.15) is 21.9 Å². The average Bonchev–Trinajstić information content (AvgIpc) is 2.64. The minimum Gasteiger partial charge on any atom is -0.288 e. The molecule has 0 aliphatic heterocycles. The van der Waals surface area contributed by atoms with E-state index in [1.54, 1.807) is 30.3 Å². The van der Waals surface area contributed by atoms with Crippen LogP contribution in [-0.2, 0) is 6.54 Å². The number of rotatable bonds is 3. The molecule has 0 radical (unpaired) electrons. The van der Waals surface area contributed by atoms with Crippen LogP contribution in [-0.4, -0.2) is 9.55 Å². The fourth-order valence-electron chi connectivity index (χ4n) is 2.90. The summed E-state index contributed by atoms with van der Waals surface area (Å²) in [6.45, 7) is 3.88. The molecule has 0 N–H and O–H groups in total. The second-order valence-corrected chi connectivity index (χ2v) is 6.78. The van der Waals surface area contributed by atoms with Crippen molar-refractivity contribution in [3.8, 4) is 11.4 Å². The van der Waals surface area contributed by atoms with Gasteiger partial charge in [0.2, 0.25) is 5.43 Å². The Hall–Kier alpha value is -3.12. The Morgan fingerprint density at radius 2 is 1.85 bits per heavy atom. The summed E-state index contributed by atoms with van der Waals surface area (Å²) in [4.78, 5) is 30.8. The fourth-order valence-corrected chi connectivity index (χ4v) is 3.94. The van der Waals surface area contributed by atoms with Crippen molar-refractivity contribution < 1.29 is 4.39 Å². The predicted molar refractivity (Wildman–Crippen MR) is 103 cm³/mol. The van der Waals surface area contributed by atoms with Crippen molar-refractivity contribution in [2.75, 3.05) is 0 Å². The minimum absolute atomic E-state index is 0.0708. The van der Waals surface area contributed by atoms with Gasteiger partial charge in [-0.2, -0.15) is 0 Å². The number of halogens is 1. The topological polar surface area (TPSA) is 52.0 Å². The van der Waals surface area contributed by atoms with Crippen molar-refractivity contribution in [3.63, 3.8) is 0 Å². The summed E-state index contributed by atoms with van der Waals surface area (Å²) in [5.41, 5.74) is -0.142. The smallest absolute Gasteiger partial charge is 0.266 e. The zero-order chi connectivity index (χ0) is 18.3. The van der Waals surface area contributed by atoms with Gasteiger partial charge >= 0.3 is 0 Å². The molecule has 26 heavy (non-hydrogen) atoms. The van der Waals surface area contributed by atoms with Crippen LogP contribution in [0, 0.1) is 5.82 Å². The van der Waals surface area contributed by atoms with Crippen LogP contribution in [0.15, 0.2) is 70.8 Å². The van der Waals surface area contributed by atoms with Crippen LogP contribution in [0.25, 0.3) is 31.7 Å². The Bertz CT molecular complexity index is 1270. The van der Waals surface area contributed by atoms with E-state index in [1.165, 1.54) is 28.0 Å². The number of benzene rings is 2. The van der Waals surface area contributed by atoms with Crippen molar-refractivity contribution in [2.24, 2.45) is 0 Å². The fraction of sp³-hybridized carbons (Fsp3) is 0.0500. The largest absolute Gasteiger partial charge is 0.288 e. The molecule has 0 spiro atoms. The molecule has 2 aromatic heterocycles. The summed E-state index contributed by atoms with van der Waals surface area (Å²) in [5, 5.41) is 0.574. The Morgan fingerprint density at radius 1 is 1.12 bits per heavy atom. The molecule has 6 heteroatoms. The molecule has 0 atom stereocenters. The summed E-state index contributed by atoms with van der Waals surface area (Å²) in [6, 6.07) is 12.9. The van der Waals surface area contributed by atoms with E-state index in [0.29, 0.717) is 21.6 Å². The van der Waals surface area contributed by atoms with Gasteiger partial charge in [-0.05, 0) is 36.4 Å². The summed E-state index contributed by atoms with van der Waals surface area (Å²) < 4.78 is 15.4. The highest BCUT2D eigenvalue weighted by Crippen LogP contribution is 2.24. The Balaban J connectivity index is 2.15. The van der Waals surface area contributed by atoms with Crippen LogP contribution in [0.2, 0.25) is 0 Å². The molecule has 4 rings (SSSR count). The highest BCUT2D eigenvalue weighted by atomic mass is 32.1. The van der Waals surface area contributed by atoms with E-state index in [-0.39, 0.29) is 23.2 Å². The van der Waals surface area contributed by atoms with Crippen LogP contribution in [0.5, 0.6) is 0 Å². The maximum atomic E-state index is 13.3. The van der Waals surface area contributed by atoms with E-state index in [9.17, 15) is 14.0 Å². The average molecular weight is 364 g/mol. The van der Waals surface area contributed by atoms with Gasteiger partial charge in [-0.15, -0.1) is 17.9 Å². The molecule has 0 aliphatic carbocycles. The van der Waals surface area contributed by atoms with Crippen LogP contribution in [0.4, 0.5) is 4.39 Å². The zero-order valence-corrected chi connectivity index (χ0v) is 14.4. The lowest BCUT2D eigenvalue weighted by Crippen LogP contribution is -2.26. The van der Waals surface area contributed by atoms with Crippen molar-refractivity contribution in [3.05, 3.63) is 87.6 Å². The van der Waals surface area contributed by atoms with Crippen molar-refractivity contribution in [1.29, 1.82) is 0 Å². The highest BCUT2D eigenvalue weighted by molar-refractivity contribution is 7.24. The SMILES string of the molecule is C=CCn1c(-c2ccc(F)cc2)nc2sc3ccccc3c(=O)c2c1=O. The van der Waals surface area contributed by atoms with Gasteiger partial charge in [-0.25, -0.2) is 9.37 Å². The molecule has 0 fully saturated rings. The zero-order valence-electron chi connectivity index (χ0n) is 13.6. The van der Waals surface area contributed by atoms with E-state index in [4.69, 9.17) is 0 Å². The number of aromatic nitrogens is 2. The Morgan fingerprint density at radius 3 is 2.58 bits per heavy atom. The molecule has 0 saturated carbocycles. The lowest BCUT2D eigenvalue weighted by Gasteiger charge is -2.12. The predicted octanol–water partition coefficient (Wildman–Crippen LogP) is 3.96. The third-order valence-electron chi connectivity index (χ3n) is 4.12. The van der Waals surface area contributed by atoms with Gasteiger partial charge in [-0.3, -0.25) is 14.2 Å². The van der Waals surface area contributed by atoms with E-state index < -0.39 is 5.56 Å². The first-order valence-corrected chi connectivity index (χ1v) is 8.75. The van der Waals surface area contributed by atoms with Gasteiger partial charge in [0, 0.05) is 22.2 Å². The third-order valence-corrected chi connectivity index (χ3v) is 5.18. The first-order chi connectivity index (χ1) is 12.6. The highest BCUT2D eigenvalue weighted by Gasteiger charge is 2.17. The maximum Gasteiger partial charge on any atom is 0.266 e. The van der Waals surface area contributed by atoms with Gasteiger partial charge in [-0.1, -0.05) is 18.2 Å². The molecular weight excluding hydrogens is 351 g/mol. The first-order valence-electron chi connectivity index (χ1n) is 7.93. The number of hydrogen-bond acceptors (Lipinski definition) is 4. The monoisotopic (exact) mass is 364 g/mol. The summed E-state index contributed by atoms with van der Waals surface area (Å²) >= 11 is 1.29. The second-order valence-electron chi connectivity index (χ2n) is 5.75. The molecule has 0 aliphatic rings. The molecule has 0 saturated heterocycles. The Labute approximate surface area is 151 Å². The first kappa shape index (κ1) is 16.4.